The summed E-state index contributed by atoms with van der Waals surface area (Å²) in [5, 5.41) is 2.90. The van der Waals surface area contributed by atoms with Crippen LogP contribution in [0.25, 0.3) is 0 Å². The van der Waals surface area contributed by atoms with E-state index in [1.807, 2.05) is 0 Å². The quantitative estimate of drug-likeness (QED) is 0.0218. The number of hydrogen-bond acceptors (Lipinski definition) is 7. The number of carbonyl (C=O) groups is 1. The number of unbranched alkanes of at least 4 members (excludes halogenated alkanes) is 25. The molecule has 1 rings (SSSR count). The number of rotatable bonds is 37. The first-order valence-corrected chi connectivity index (χ1v) is 22.7. The Labute approximate surface area is 303 Å². The third-order valence-electron chi connectivity index (χ3n) is 9.35. The summed E-state index contributed by atoms with van der Waals surface area (Å²) in [6.45, 7) is 5.75. The fourth-order valence-corrected chi connectivity index (χ4v) is 7.70. The van der Waals surface area contributed by atoms with Gasteiger partial charge < -0.3 is 0 Å². The van der Waals surface area contributed by atoms with Crippen LogP contribution in [0, 0.1) is 0 Å². The van der Waals surface area contributed by atoms with Crippen molar-refractivity contribution in [2.24, 2.45) is 0 Å². The van der Waals surface area contributed by atoms with Crippen LogP contribution in [-0.2, 0) is 23.3 Å². The van der Waals surface area contributed by atoms with Crippen LogP contribution in [0.3, 0.4) is 0 Å². The van der Waals surface area contributed by atoms with Crippen molar-refractivity contribution in [2.75, 3.05) is 26.4 Å². The van der Waals surface area contributed by atoms with Gasteiger partial charge in [-0.15, -0.1) is 0 Å². The van der Waals surface area contributed by atoms with E-state index in [0.717, 1.165) is 38.5 Å². The molecule has 0 amide bonds. The van der Waals surface area contributed by atoms with Crippen LogP contribution in [0.1, 0.15) is 200 Å². The Kier molecular flexibility index (Phi) is 33.3. The van der Waals surface area contributed by atoms with Crippen LogP contribution in [0.5, 0.6) is 0 Å². The second-order valence-electron chi connectivity index (χ2n) is 14.2. The molecule has 1 unspecified atom stereocenters. The van der Waals surface area contributed by atoms with E-state index in [4.69, 9.17) is 18.5 Å². The zero-order valence-corrected chi connectivity index (χ0v) is 33.2. The number of carbonyl (C=O) groups excluding carboxylic acids is 1. The molecule has 0 aromatic heterocycles. The molecule has 1 aliphatic heterocycles. The summed E-state index contributed by atoms with van der Waals surface area (Å²) in [5.41, 5.74) is 0. The molecule has 7 nitrogen and oxygen atoms in total. The van der Waals surface area contributed by atoms with Gasteiger partial charge in [-0.3, -0.25) is 0 Å². The molecule has 290 valence electrons. The van der Waals surface area contributed by atoms with E-state index < -0.39 is 14.2 Å². The summed E-state index contributed by atoms with van der Waals surface area (Å²) >= 11 is 0. The minimum absolute atomic E-state index is 0.0423. The molecule has 1 atom stereocenters. The molecule has 1 heterocycles. The summed E-state index contributed by atoms with van der Waals surface area (Å²) in [7, 11) is -3.38. The number of nitrogens with one attached hydrogen (secondary N) is 1. The van der Waals surface area contributed by atoms with Crippen LogP contribution in [-0.4, -0.2) is 43.3 Å². The Balaban J connectivity index is 2.10. The SMILES string of the molecule is CCCCCCCC/C=C\CCCCCCCC(=O)OC(CO/C=C\CCCCCCCCCCCCCCCC)CO[PH]1(O)NCCO1. The summed E-state index contributed by atoms with van der Waals surface area (Å²) in [6.07, 6.45) is 44.2. The first kappa shape index (κ1) is 46.0. The first-order valence-electron chi connectivity index (χ1n) is 21.0. The molecular formula is C41H80NO6P. The van der Waals surface area contributed by atoms with Crippen LogP contribution >= 0.6 is 8.09 Å². The van der Waals surface area contributed by atoms with E-state index >= 15 is 0 Å². The summed E-state index contributed by atoms with van der Waals surface area (Å²) in [6, 6.07) is 0. The third-order valence-corrected chi connectivity index (χ3v) is 11.2. The van der Waals surface area contributed by atoms with Crippen molar-refractivity contribution < 1.29 is 28.2 Å². The number of allylic oxidation sites excluding steroid dienone is 3. The third kappa shape index (κ3) is 31.5. The fraction of sp³-hybridized carbons (Fsp3) is 0.878. The van der Waals surface area contributed by atoms with E-state index in [0.29, 0.717) is 19.6 Å². The molecule has 2 N–H and O–H groups in total. The van der Waals surface area contributed by atoms with Gasteiger partial charge in [0.2, 0.25) is 0 Å². The van der Waals surface area contributed by atoms with Gasteiger partial charge in [-0.05, 0) is 12.8 Å². The van der Waals surface area contributed by atoms with Crippen molar-refractivity contribution in [1.29, 1.82) is 0 Å². The molecule has 0 bridgehead atoms. The van der Waals surface area contributed by atoms with E-state index in [1.165, 1.54) is 141 Å². The van der Waals surface area contributed by atoms with Crippen LogP contribution in [0.15, 0.2) is 24.5 Å². The predicted octanol–water partition coefficient (Wildman–Crippen LogP) is 12.4. The van der Waals surface area contributed by atoms with Crippen molar-refractivity contribution in [3.05, 3.63) is 24.5 Å². The molecule has 0 radical (unpaired) electrons. The zero-order valence-electron chi connectivity index (χ0n) is 32.2. The normalized spacial score (nSPS) is 15.7. The molecule has 0 aromatic carbocycles. The predicted molar refractivity (Wildman–Crippen MR) is 210 cm³/mol. The van der Waals surface area contributed by atoms with E-state index in [2.05, 4.69) is 37.2 Å². The summed E-state index contributed by atoms with van der Waals surface area (Å²) in [5.74, 6) is -0.241. The van der Waals surface area contributed by atoms with Crippen molar-refractivity contribution in [3.8, 4) is 0 Å². The standard InChI is InChI=1S/C41H80NO6P/c1-3-5-7-9-11-13-15-17-19-21-23-25-27-29-31-33-36-45-38-40(39-47-49(44)42-35-37-46-49)48-41(43)34-32-30-28-26-24-22-20-18-16-14-12-10-8-6-4-2/h18,20,33,36,40,42,44,49H,3-17,19,21-32,34-35,37-39H2,1-2H3/b20-18-,36-33-. The van der Waals surface area contributed by atoms with Gasteiger partial charge in [0, 0.05) is 0 Å². The minimum atomic E-state index is -3.38. The van der Waals surface area contributed by atoms with Crippen LogP contribution < -0.4 is 5.09 Å². The number of esters is 1. The second kappa shape index (κ2) is 35.4. The molecule has 8 heteroatoms. The van der Waals surface area contributed by atoms with Gasteiger partial charge in [-0.1, -0.05) is 122 Å². The number of hydrogen-bond donors (Lipinski definition) is 2. The first-order chi connectivity index (χ1) is 24.1. The van der Waals surface area contributed by atoms with E-state index in [9.17, 15) is 9.69 Å². The average molecular weight is 714 g/mol. The Hall–Kier alpha value is -0.980. The van der Waals surface area contributed by atoms with E-state index in [1.54, 1.807) is 6.26 Å². The molecule has 0 aromatic rings. The average Bonchev–Trinajstić information content (AvgIpc) is 3.54. The second-order valence-corrected chi connectivity index (χ2v) is 16.3. The monoisotopic (exact) mass is 714 g/mol. The van der Waals surface area contributed by atoms with Gasteiger partial charge in [0.05, 0.1) is 0 Å². The fourth-order valence-electron chi connectivity index (χ4n) is 6.20. The summed E-state index contributed by atoms with van der Waals surface area (Å²) < 4.78 is 22.4. The Bertz CT molecular complexity index is 773. The Morgan fingerprint density at radius 2 is 1.10 bits per heavy atom. The van der Waals surface area contributed by atoms with Crippen molar-refractivity contribution in [2.45, 2.75) is 206 Å². The molecule has 1 aliphatic rings. The number of ether oxygens (including phenoxy) is 2. The maximum atomic E-state index is 12.6. The molecule has 49 heavy (non-hydrogen) atoms. The molecule has 1 fully saturated rings. The van der Waals surface area contributed by atoms with Crippen molar-refractivity contribution in [1.82, 2.24) is 5.09 Å². The zero-order chi connectivity index (χ0) is 35.4. The summed E-state index contributed by atoms with van der Waals surface area (Å²) in [4.78, 5) is 23.0. The van der Waals surface area contributed by atoms with E-state index in [-0.39, 0.29) is 19.2 Å². The van der Waals surface area contributed by atoms with Gasteiger partial charge in [0.25, 0.3) is 0 Å². The van der Waals surface area contributed by atoms with Gasteiger partial charge in [-0.2, -0.15) is 0 Å². The maximum absolute atomic E-state index is 12.6. The van der Waals surface area contributed by atoms with Gasteiger partial charge >= 0.3 is 169 Å². The Morgan fingerprint density at radius 3 is 1.57 bits per heavy atom. The molecule has 1 saturated heterocycles. The van der Waals surface area contributed by atoms with Crippen LogP contribution in [0.2, 0.25) is 0 Å². The van der Waals surface area contributed by atoms with Gasteiger partial charge in [0.15, 0.2) is 0 Å². The van der Waals surface area contributed by atoms with Gasteiger partial charge in [0.1, 0.15) is 0 Å². The topological polar surface area (TPSA) is 86.3 Å². The molecule has 0 saturated carbocycles. The van der Waals surface area contributed by atoms with Gasteiger partial charge in [-0.25, -0.2) is 0 Å². The van der Waals surface area contributed by atoms with Crippen LogP contribution in [0.4, 0.5) is 0 Å². The van der Waals surface area contributed by atoms with Crippen molar-refractivity contribution >= 4 is 14.1 Å². The molecule has 0 spiro atoms. The molecule has 0 aliphatic carbocycles. The van der Waals surface area contributed by atoms with Crippen molar-refractivity contribution in [3.63, 3.8) is 0 Å². The Morgan fingerprint density at radius 1 is 0.653 bits per heavy atom. The molecular weight excluding hydrogens is 633 g/mol.